The van der Waals surface area contributed by atoms with Gasteiger partial charge in [0.15, 0.2) is 0 Å². The number of anilines is 2. The Morgan fingerprint density at radius 2 is 1.75 bits per heavy atom. The molecule has 0 radical (unpaired) electrons. The van der Waals surface area contributed by atoms with Gasteiger partial charge in [-0.15, -0.1) is 0 Å². The highest BCUT2D eigenvalue weighted by atomic mass is 35.5. The van der Waals surface area contributed by atoms with Crippen molar-refractivity contribution >= 4 is 29.3 Å². The second-order valence-corrected chi connectivity index (χ2v) is 9.82. The average molecular weight is 528 g/mol. The molecule has 1 saturated heterocycles. The minimum Gasteiger partial charge on any atom is -0.447 e. The lowest BCUT2D eigenvalue weighted by atomic mass is 9.87. The molecule has 1 aromatic carbocycles. The number of ether oxygens (including phenoxy) is 1. The molecule has 0 saturated carbocycles. The van der Waals surface area contributed by atoms with E-state index in [0.717, 1.165) is 12.1 Å². The van der Waals surface area contributed by atoms with Crippen LogP contribution in [0.1, 0.15) is 64.5 Å². The third-order valence-electron chi connectivity index (χ3n) is 6.36. The van der Waals surface area contributed by atoms with Gasteiger partial charge in [-0.1, -0.05) is 25.4 Å². The van der Waals surface area contributed by atoms with Gasteiger partial charge in [-0.05, 0) is 63.3 Å². The Kier molecular flexibility index (Phi) is 8.92. The van der Waals surface area contributed by atoms with Crippen LogP contribution in [0.3, 0.4) is 0 Å². The Hall–Kier alpha value is -2.75. The Labute approximate surface area is 214 Å². The lowest BCUT2D eigenvalue weighted by Crippen LogP contribution is -2.57. The SMILES string of the molecule is CCC1CC(N(Cc2cc(Cl)cc(C(F)(F)F)c2)c2ncc(N)cn2)CC(CC)N1C(=O)OC(C)C. The number of aromatic nitrogens is 2. The molecular weight excluding hydrogens is 495 g/mol. The first-order valence-corrected chi connectivity index (χ1v) is 12.5. The topological polar surface area (TPSA) is 84.6 Å². The normalized spacial score (nSPS) is 20.5. The quantitative estimate of drug-likeness (QED) is 0.454. The molecule has 2 heterocycles. The molecule has 2 atom stereocenters. The fraction of sp³-hybridized carbons (Fsp3) is 0.560. The number of carbonyl (C=O) groups excluding carboxylic acids is 1. The number of rotatable bonds is 7. The molecule has 1 fully saturated rings. The smallest absolute Gasteiger partial charge is 0.416 e. The molecule has 1 aliphatic heterocycles. The number of likely N-dealkylation sites (tertiary alicyclic amines) is 1. The third kappa shape index (κ3) is 6.72. The fourth-order valence-electron chi connectivity index (χ4n) is 4.74. The Bertz CT molecular complexity index is 1020. The Morgan fingerprint density at radius 1 is 1.17 bits per heavy atom. The number of halogens is 4. The van der Waals surface area contributed by atoms with Gasteiger partial charge in [0.2, 0.25) is 5.95 Å². The van der Waals surface area contributed by atoms with Crippen LogP contribution in [-0.4, -0.2) is 45.2 Å². The second-order valence-electron chi connectivity index (χ2n) is 9.38. The van der Waals surface area contributed by atoms with Gasteiger partial charge >= 0.3 is 12.3 Å². The van der Waals surface area contributed by atoms with Crippen LogP contribution in [0.4, 0.5) is 29.6 Å². The highest BCUT2D eigenvalue weighted by molar-refractivity contribution is 6.30. The predicted octanol–water partition coefficient (Wildman–Crippen LogP) is 6.30. The number of carbonyl (C=O) groups is 1. The summed E-state index contributed by atoms with van der Waals surface area (Å²) in [5.41, 5.74) is 5.73. The van der Waals surface area contributed by atoms with Crippen molar-refractivity contribution in [2.75, 3.05) is 10.6 Å². The van der Waals surface area contributed by atoms with E-state index in [1.54, 1.807) is 0 Å². The predicted molar refractivity (Wildman–Crippen MR) is 134 cm³/mol. The number of nitrogens with zero attached hydrogens (tertiary/aromatic N) is 4. The maximum atomic E-state index is 13.5. The number of amides is 1. The number of piperidine rings is 1. The highest BCUT2D eigenvalue weighted by Crippen LogP contribution is 2.35. The van der Waals surface area contributed by atoms with Crippen LogP contribution in [0, 0.1) is 0 Å². The molecule has 0 spiro atoms. The number of alkyl halides is 3. The van der Waals surface area contributed by atoms with Crippen molar-refractivity contribution in [3.8, 4) is 0 Å². The average Bonchev–Trinajstić information content (AvgIpc) is 2.81. The standard InChI is InChI=1S/C25H33ClF3N5O2/c1-5-20-10-22(11-21(6-2)34(20)24(35)36-15(3)4)33(23-31-12-19(30)13-32-23)14-16-7-17(25(27,28)29)9-18(26)8-16/h7-9,12-13,15,20-22H,5-6,10-11,14,30H2,1-4H3. The van der Waals surface area contributed by atoms with E-state index in [-0.39, 0.29) is 41.9 Å². The van der Waals surface area contributed by atoms with Gasteiger partial charge in [0.1, 0.15) is 0 Å². The van der Waals surface area contributed by atoms with Crippen LogP contribution < -0.4 is 10.6 Å². The largest absolute Gasteiger partial charge is 0.447 e. The zero-order valence-corrected chi connectivity index (χ0v) is 21.7. The lowest BCUT2D eigenvalue weighted by Gasteiger charge is -2.47. The molecule has 36 heavy (non-hydrogen) atoms. The lowest BCUT2D eigenvalue weighted by molar-refractivity contribution is -0.137. The molecule has 2 unspecified atom stereocenters. The van der Waals surface area contributed by atoms with Crippen LogP contribution in [0.5, 0.6) is 0 Å². The van der Waals surface area contributed by atoms with E-state index in [2.05, 4.69) is 9.97 Å². The molecule has 7 nitrogen and oxygen atoms in total. The minimum absolute atomic E-state index is 0.00196. The van der Waals surface area contributed by atoms with Crippen LogP contribution >= 0.6 is 11.6 Å². The van der Waals surface area contributed by atoms with Crippen molar-refractivity contribution in [1.82, 2.24) is 14.9 Å². The van der Waals surface area contributed by atoms with Gasteiger partial charge < -0.3 is 20.3 Å². The van der Waals surface area contributed by atoms with Crippen molar-refractivity contribution in [2.45, 2.75) is 90.3 Å². The number of hydrogen-bond donors (Lipinski definition) is 1. The Balaban J connectivity index is 1.98. The molecule has 0 bridgehead atoms. The van der Waals surface area contributed by atoms with E-state index in [1.807, 2.05) is 37.5 Å². The van der Waals surface area contributed by atoms with Crippen molar-refractivity contribution in [2.24, 2.45) is 0 Å². The van der Waals surface area contributed by atoms with Crippen LogP contribution in [0.15, 0.2) is 30.6 Å². The summed E-state index contributed by atoms with van der Waals surface area (Å²) in [4.78, 5) is 25.4. The number of benzene rings is 1. The number of nitrogens with two attached hydrogens (primary N) is 1. The Morgan fingerprint density at radius 3 is 2.25 bits per heavy atom. The van der Waals surface area contributed by atoms with Crippen molar-refractivity contribution in [3.63, 3.8) is 0 Å². The first-order chi connectivity index (χ1) is 16.9. The number of hydrogen-bond acceptors (Lipinski definition) is 6. The summed E-state index contributed by atoms with van der Waals surface area (Å²) in [5.74, 6) is 0.352. The van der Waals surface area contributed by atoms with Crippen molar-refractivity contribution < 1.29 is 22.7 Å². The maximum Gasteiger partial charge on any atom is 0.416 e. The first-order valence-electron chi connectivity index (χ1n) is 12.1. The second kappa shape index (κ2) is 11.5. The summed E-state index contributed by atoms with van der Waals surface area (Å²) >= 11 is 6.05. The van der Waals surface area contributed by atoms with E-state index >= 15 is 0 Å². The molecule has 1 aliphatic rings. The van der Waals surface area contributed by atoms with E-state index in [1.165, 1.54) is 18.5 Å². The summed E-state index contributed by atoms with van der Waals surface area (Å²) in [6.45, 7) is 7.75. The third-order valence-corrected chi connectivity index (χ3v) is 6.58. The van der Waals surface area contributed by atoms with Gasteiger partial charge in [-0.3, -0.25) is 0 Å². The molecule has 11 heteroatoms. The van der Waals surface area contributed by atoms with Crippen molar-refractivity contribution in [1.29, 1.82) is 0 Å². The van der Waals surface area contributed by atoms with Gasteiger partial charge in [0.05, 0.1) is 29.7 Å². The minimum atomic E-state index is -4.52. The highest BCUT2D eigenvalue weighted by Gasteiger charge is 2.41. The van der Waals surface area contributed by atoms with Gasteiger partial charge in [0, 0.05) is 29.7 Å². The molecule has 198 valence electrons. The van der Waals surface area contributed by atoms with E-state index in [4.69, 9.17) is 22.1 Å². The molecule has 0 aliphatic carbocycles. The fourth-order valence-corrected chi connectivity index (χ4v) is 4.99. The van der Waals surface area contributed by atoms with Gasteiger partial charge in [-0.2, -0.15) is 13.2 Å². The zero-order chi connectivity index (χ0) is 26.6. The summed E-state index contributed by atoms with van der Waals surface area (Å²) in [6, 6.07) is 3.17. The van der Waals surface area contributed by atoms with E-state index in [9.17, 15) is 18.0 Å². The zero-order valence-electron chi connectivity index (χ0n) is 20.9. The van der Waals surface area contributed by atoms with E-state index in [0.29, 0.717) is 42.9 Å². The van der Waals surface area contributed by atoms with Crippen LogP contribution in [0.25, 0.3) is 0 Å². The molecular formula is C25H33ClF3N5O2. The van der Waals surface area contributed by atoms with Crippen LogP contribution in [0.2, 0.25) is 5.02 Å². The molecule has 2 aromatic rings. The summed E-state index contributed by atoms with van der Waals surface area (Å²) in [7, 11) is 0. The summed E-state index contributed by atoms with van der Waals surface area (Å²) in [5, 5.41) is 0.00196. The van der Waals surface area contributed by atoms with Crippen LogP contribution in [-0.2, 0) is 17.5 Å². The monoisotopic (exact) mass is 527 g/mol. The van der Waals surface area contributed by atoms with Gasteiger partial charge in [0.25, 0.3) is 0 Å². The maximum absolute atomic E-state index is 13.5. The first kappa shape index (κ1) is 27.8. The van der Waals surface area contributed by atoms with Gasteiger partial charge in [-0.25, -0.2) is 14.8 Å². The summed E-state index contributed by atoms with van der Waals surface area (Å²) in [6.07, 6.45) is 0.401. The van der Waals surface area contributed by atoms with E-state index < -0.39 is 11.7 Å². The molecule has 3 rings (SSSR count). The molecule has 1 amide bonds. The summed E-state index contributed by atoms with van der Waals surface area (Å²) < 4.78 is 45.9. The molecule has 1 aromatic heterocycles. The number of nitrogen functional groups attached to an aromatic ring is 1. The molecule has 2 N–H and O–H groups in total. The van der Waals surface area contributed by atoms with Crippen molar-refractivity contribution in [3.05, 3.63) is 46.7 Å².